The molecule has 26 heavy (non-hydrogen) atoms. The molecule has 0 atom stereocenters. The van der Waals surface area contributed by atoms with Gasteiger partial charge >= 0.3 is 12.0 Å². The summed E-state index contributed by atoms with van der Waals surface area (Å²) in [6.45, 7) is 4.31. The average molecular weight is 358 g/mol. The van der Waals surface area contributed by atoms with Gasteiger partial charge in [0.05, 0.1) is 24.5 Å². The zero-order valence-corrected chi connectivity index (χ0v) is 14.8. The van der Waals surface area contributed by atoms with Crippen molar-refractivity contribution >= 4 is 17.7 Å². The molecule has 7 heteroatoms. The van der Waals surface area contributed by atoms with Crippen molar-refractivity contribution in [1.82, 2.24) is 5.32 Å². The van der Waals surface area contributed by atoms with Crippen LogP contribution in [0.15, 0.2) is 48.5 Å². The lowest BCUT2D eigenvalue weighted by molar-refractivity contribution is 0.0527. The number of carbonyl (C=O) groups excluding carboxylic acids is 2. The Kier molecular flexibility index (Phi) is 7.30. The molecule has 0 fully saturated rings. The van der Waals surface area contributed by atoms with Gasteiger partial charge in [-0.3, -0.25) is 0 Å². The summed E-state index contributed by atoms with van der Waals surface area (Å²) in [5.41, 5.74) is 0.644. The lowest BCUT2D eigenvalue weighted by Crippen LogP contribution is -2.32. The zero-order chi connectivity index (χ0) is 18.8. The average Bonchev–Trinajstić information content (AvgIpc) is 2.64. The summed E-state index contributed by atoms with van der Waals surface area (Å²) in [6.07, 6.45) is 0. The van der Waals surface area contributed by atoms with Crippen LogP contribution in [0, 0.1) is 0 Å². The molecule has 0 aliphatic rings. The van der Waals surface area contributed by atoms with Crippen molar-refractivity contribution in [3.8, 4) is 11.5 Å². The smallest absolute Gasteiger partial charge is 0.340 e. The summed E-state index contributed by atoms with van der Waals surface area (Å²) in [5.74, 6) is 0.636. The Morgan fingerprint density at radius 2 is 1.54 bits per heavy atom. The molecule has 0 saturated heterocycles. The third-order valence-corrected chi connectivity index (χ3v) is 3.28. The van der Waals surface area contributed by atoms with Crippen molar-refractivity contribution in [3.05, 3.63) is 54.1 Å². The van der Waals surface area contributed by atoms with Crippen LogP contribution in [-0.2, 0) is 4.74 Å². The highest BCUT2D eigenvalue weighted by Crippen LogP contribution is 2.25. The van der Waals surface area contributed by atoms with Gasteiger partial charge in [-0.05, 0) is 38.1 Å². The van der Waals surface area contributed by atoms with Crippen LogP contribution in [0.5, 0.6) is 11.5 Å². The molecule has 138 valence electrons. The number of amides is 2. The normalized spacial score (nSPS) is 9.92. The fourth-order valence-electron chi connectivity index (χ4n) is 2.17. The molecule has 2 aromatic carbocycles. The lowest BCUT2D eigenvalue weighted by Gasteiger charge is -2.13. The minimum absolute atomic E-state index is 0.0580. The minimum Gasteiger partial charge on any atom is -0.490 e. The van der Waals surface area contributed by atoms with E-state index < -0.39 is 12.0 Å². The number of hydrogen-bond donors (Lipinski definition) is 2. The molecule has 0 radical (unpaired) electrons. The Labute approximate surface area is 152 Å². The van der Waals surface area contributed by atoms with E-state index in [2.05, 4.69) is 10.6 Å². The maximum Gasteiger partial charge on any atom is 0.340 e. The predicted octanol–water partition coefficient (Wildman–Crippen LogP) is 3.42. The van der Waals surface area contributed by atoms with E-state index in [0.29, 0.717) is 23.8 Å². The van der Waals surface area contributed by atoms with Gasteiger partial charge in [0.25, 0.3) is 0 Å². The second-order valence-corrected chi connectivity index (χ2v) is 5.07. The summed E-state index contributed by atoms with van der Waals surface area (Å²) in [6, 6.07) is 13.3. The topological polar surface area (TPSA) is 85.9 Å². The van der Waals surface area contributed by atoms with Gasteiger partial charge in [0.2, 0.25) is 0 Å². The van der Waals surface area contributed by atoms with Gasteiger partial charge in [-0.25, -0.2) is 9.59 Å². The maximum atomic E-state index is 12.1. The molecule has 0 spiro atoms. The fraction of sp³-hybridized carbons (Fsp3) is 0.263. The largest absolute Gasteiger partial charge is 0.490 e. The molecule has 2 amide bonds. The Morgan fingerprint density at radius 3 is 2.23 bits per heavy atom. The monoisotopic (exact) mass is 358 g/mol. The molecular weight excluding hydrogens is 336 g/mol. The predicted molar refractivity (Wildman–Crippen MR) is 97.7 cm³/mol. The van der Waals surface area contributed by atoms with Gasteiger partial charge in [0.15, 0.2) is 18.2 Å². The Morgan fingerprint density at radius 1 is 0.885 bits per heavy atom. The van der Waals surface area contributed by atoms with Crippen LogP contribution in [0.4, 0.5) is 10.5 Å². The molecular formula is C19H22N2O5. The van der Waals surface area contributed by atoms with Gasteiger partial charge in [-0.15, -0.1) is 0 Å². The van der Waals surface area contributed by atoms with Gasteiger partial charge < -0.3 is 24.8 Å². The van der Waals surface area contributed by atoms with Crippen molar-refractivity contribution in [2.45, 2.75) is 13.8 Å². The third-order valence-electron chi connectivity index (χ3n) is 3.28. The molecule has 0 heterocycles. The highest BCUT2D eigenvalue weighted by atomic mass is 16.5. The maximum absolute atomic E-state index is 12.1. The molecule has 0 bridgehead atoms. The fourth-order valence-corrected chi connectivity index (χ4v) is 2.17. The van der Waals surface area contributed by atoms with E-state index in [9.17, 15) is 9.59 Å². The summed E-state index contributed by atoms with van der Waals surface area (Å²) >= 11 is 0. The standard InChI is InChI=1S/C19H22N2O5/c1-3-24-16-11-7-8-12-17(16)26-13-20-19(23)21-15-10-6-5-9-14(15)18(22)25-4-2/h5-12H,3-4,13H2,1-2H3,(H2,20,21,23). The van der Waals surface area contributed by atoms with Crippen LogP contribution in [0.25, 0.3) is 0 Å². The van der Waals surface area contributed by atoms with Gasteiger partial charge in [0, 0.05) is 0 Å². The number of ether oxygens (including phenoxy) is 3. The van der Waals surface area contributed by atoms with Gasteiger partial charge in [-0.1, -0.05) is 24.3 Å². The van der Waals surface area contributed by atoms with E-state index in [1.165, 1.54) is 0 Å². The number of hydrogen-bond acceptors (Lipinski definition) is 5. The van der Waals surface area contributed by atoms with Crippen molar-refractivity contribution in [1.29, 1.82) is 0 Å². The van der Waals surface area contributed by atoms with Crippen LogP contribution in [0.3, 0.4) is 0 Å². The summed E-state index contributed by atoms with van der Waals surface area (Å²) in [7, 11) is 0. The van der Waals surface area contributed by atoms with Crippen LogP contribution < -0.4 is 20.1 Å². The van der Waals surface area contributed by atoms with Crippen LogP contribution in [0.1, 0.15) is 24.2 Å². The Bertz CT molecular complexity index is 748. The van der Waals surface area contributed by atoms with E-state index in [-0.39, 0.29) is 18.9 Å². The molecule has 0 aromatic heterocycles. The SMILES string of the molecule is CCOC(=O)c1ccccc1NC(=O)NCOc1ccccc1OCC. The second-order valence-electron chi connectivity index (χ2n) is 5.07. The van der Waals surface area contributed by atoms with Crippen LogP contribution >= 0.6 is 0 Å². The van der Waals surface area contributed by atoms with E-state index in [1.807, 2.05) is 19.1 Å². The first-order valence-electron chi connectivity index (χ1n) is 8.31. The van der Waals surface area contributed by atoms with Crippen molar-refractivity contribution < 1.29 is 23.8 Å². The number of urea groups is 1. The van der Waals surface area contributed by atoms with E-state index in [4.69, 9.17) is 14.2 Å². The number of rotatable bonds is 8. The number of anilines is 1. The summed E-state index contributed by atoms with van der Waals surface area (Å²) in [4.78, 5) is 24.0. The molecule has 2 N–H and O–H groups in total. The zero-order valence-electron chi connectivity index (χ0n) is 14.8. The molecule has 0 aliphatic carbocycles. The lowest BCUT2D eigenvalue weighted by atomic mass is 10.2. The van der Waals surface area contributed by atoms with Gasteiger partial charge in [0.1, 0.15) is 0 Å². The molecule has 2 rings (SSSR count). The number of para-hydroxylation sites is 3. The third kappa shape index (κ3) is 5.41. The number of carbonyl (C=O) groups is 2. The summed E-state index contributed by atoms with van der Waals surface area (Å²) < 4.78 is 16.0. The minimum atomic E-state index is -0.504. The van der Waals surface area contributed by atoms with Gasteiger partial charge in [-0.2, -0.15) is 0 Å². The van der Waals surface area contributed by atoms with E-state index in [0.717, 1.165) is 0 Å². The van der Waals surface area contributed by atoms with Crippen LogP contribution in [0.2, 0.25) is 0 Å². The molecule has 7 nitrogen and oxygen atoms in total. The molecule has 0 saturated carbocycles. The quantitative estimate of drug-likeness (QED) is 0.558. The number of benzene rings is 2. The highest BCUT2D eigenvalue weighted by Gasteiger charge is 2.13. The van der Waals surface area contributed by atoms with E-state index in [1.54, 1.807) is 43.3 Å². The van der Waals surface area contributed by atoms with Crippen LogP contribution in [-0.4, -0.2) is 31.9 Å². The second kappa shape index (κ2) is 9.93. The molecule has 2 aromatic rings. The van der Waals surface area contributed by atoms with Crippen molar-refractivity contribution in [2.75, 3.05) is 25.3 Å². The Hall–Kier alpha value is -3.22. The highest BCUT2D eigenvalue weighted by molar-refractivity contribution is 6.00. The number of nitrogens with one attached hydrogen (secondary N) is 2. The first-order chi connectivity index (χ1) is 12.7. The Balaban J connectivity index is 1.91. The first-order valence-corrected chi connectivity index (χ1v) is 8.31. The summed E-state index contributed by atoms with van der Waals surface area (Å²) in [5, 5.41) is 5.18. The molecule has 0 aliphatic heterocycles. The van der Waals surface area contributed by atoms with Crippen molar-refractivity contribution in [2.24, 2.45) is 0 Å². The van der Waals surface area contributed by atoms with E-state index >= 15 is 0 Å². The first kappa shape index (κ1) is 19.1. The number of esters is 1. The molecule has 0 unspecified atom stereocenters. The van der Waals surface area contributed by atoms with Crippen molar-refractivity contribution in [3.63, 3.8) is 0 Å².